The Hall–Kier alpha value is -0.260. The number of alkyl halides is 2. The fourth-order valence-electron chi connectivity index (χ4n) is 2.26. The lowest BCUT2D eigenvalue weighted by Crippen LogP contribution is -2.54. The van der Waals surface area contributed by atoms with Gasteiger partial charge in [0.15, 0.2) is 0 Å². The first-order valence-corrected chi connectivity index (χ1v) is 6.02. The van der Waals surface area contributed by atoms with Crippen LogP contribution in [0.15, 0.2) is 0 Å². The van der Waals surface area contributed by atoms with Gasteiger partial charge in [-0.1, -0.05) is 6.92 Å². The fraction of sp³-hybridized carbons (Fsp3) is 1.00. The zero-order valence-electron chi connectivity index (χ0n) is 9.91. The van der Waals surface area contributed by atoms with E-state index in [-0.39, 0.29) is 19.2 Å². The summed E-state index contributed by atoms with van der Waals surface area (Å²) in [6.45, 7) is 5.41. The van der Waals surface area contributed by atoms with Crippen LogP contribution in [0, 0.1) is 0 Å². The number of hydrogen-bond donors (Lipinski definition) is 1. The van der Waals surface area contributed by atoms with Crippen molar-refractivity contribution in [1.29, 1.82) is 0 Å². The Kier molecular flexibility index (Phi) is 6.16. The minimum atomic E-state index is -2.24. The molecule has 0 aromatic heterocycles. The monoisotopic (exact) mass is 236 g/mol. The second kappa shape index (κ2) is 7.14. The number of piperazine rings is 1. The van der Waals surface area contributed by atoms with Gasteiger partial charge in [0, 0.05) is 38.8 Å². The second-order valence-corrected chi connectivity index (χ2v) is 4.33. The molecule has 0 radical (unpaired) electrons. The van der Waals surface area contributed by atoms with Crippen molar-refractivity contribution in [3.05, 3.63) is 0 Å². The van der Waals surface area contributed by atoms with Crippen LogP contribution in [0.1, 0.15) is 19.8 Å². The Balaban J connectivity index is 2.37. The lowest BCUT2D eigenvalue weighted by atomic mass is 10.1. The van der Waals surface area contributed by atoms with Crippen molar-refractivity contribution < 1.29 is 13.9 Å². The summed E-state index contributed by atoms with van der Waals surface area (Å²) >= 11 is 0. The molecule has 1 atom stereocenters. The molecule has 0 spiro atoms. The highest BCUT2D eigenvalue weighted by atomic mass is 19.3. The average molecular weight is 236 g/mol. The highest BCUT2D eigenvalue weighted by Crippen LogP contribution is 2.14. The van der Waals surface area contributed by atoms with Gasteiger partial charge in [-0.05, 0) is 12.8 Å². The molecule has 1 fully saturated rings. The van der Waals surface area contributed by atoms with E-state index in [9.17, 15) is 8.78 Å². The van der Waals surface area contributed by atoms with E-state index in [1.165, 1.54) is 0 Å². The molecule has 1 aliphatic heterocycles. The highest BCUT2D eigenvalue weighted by Gasteiger charge is 2.26. The van der Waals surface area contributed by atoms with Gasteiger partial charge < -0.3 is 10.0 Å². The molecule has 16 heavy (non-hydrogen) atoms. The molecule has 1 N–H and O–H groups in total. The topological polar surface area (TPSA) is 26.7 Å². The van der Waals surface area contributed by atoms with Crippen LogP contribution in [-0.4, -0.2) is 66.7 Å². The quantitative estimate of drug-likeness (QED) is 0.746. The molecule has 0 aliphatic carbocycles. The number of hydrogen-bond acceptors (Lipinski definition) is 3. The lowest BCUT2D eigenvalue weighted by molar-refractivity contribution is 0.0179. The first-order chi connectivity index (χ1) is 7.67. The van der Waals surface area contributed by atoms with Crippen LogP contribution in [0.2, 0.25) is 0 Å². The van der Waals surface area contributed by atoms with Crippen LogP contribution in [-0.2, 0) is 0 Å². The first kappa shape index (κ1) is 13.8. The summed E-state index contributed by atoms with van der Waals surface area (Å²) in [5.74, 6) is 0. The summed E-state index contributed by atoms with van der Waals surface area (Å²) in [4.78, 5) is 4.15. The molecule has 96 valence electrons. The molecule has 5 heteroatoms. The zero-order valence-corrected chi connectivity index (χ0v) is 9.91. The maximum absolute atomic E-state index is 12.3. The maximum atomic E-state index is 12.3. The Bertz CT molecular complexity index is 193. The summed E-state index contributed by atoms with van der Waals surface area (Å²) < 4.78 is 24.7. The van der Waals surface area contributed by atoms with Crippen molar-refractivity contribution in [2.75, 3.05) is 39.3 Å². The van der Waals surface area contributed by atoms with E-state index in [1.54, 1.807) is 0 Å². The van der Waals surface area contributed by atoms with Crippen LogP contribution in [0.3, 0.4) is 0 Å². The maximum Gasteiger partial charge on any atom is 0.251 e. The molecule has 0 aromatic carbocycles. The van der Waals surface area contributed by atoms with Crippen LogP contribution in [0.4, 0.5) is 8.78 Å². The third-order valence-electron chi connectivity index (χ3n) is 3.17. The molecule has 1 saturated heterocycles. The van der Waals surface area contributed by atoms with Gasteiger partial charge in [0.25, 0.3) is 6.43 Å². The van der Waals surface area contributed by atoms with Gasteiger partial charge in [-0.15, -0.1) is 0 Å². The third kappa shape index (κ3) is 4.31. The molecule has 1 unspecified atom stereocenters. The van der Waals surface area contributed by atoms with Crippen LogP contribution in [0.5, 0.6) is 0 Å². The molecule has 0 aromatic rings. The Labute approximate surface area is 96.0 Å². The van der Waals surface area contributed by atoms with Crippen molar-refractivity contribution >= 4 is 0 Å². The Morgan fingerprint density at radius 2 is 2.12 bits per heavy atom. The highest BCUT2D eigenvalue weighted by molar-refractivity contribution is 4.81. The summed E-state index contributed by atoms with van der Waals surface area (Å²) in [5.41, 5.74) is 0. The van der Waals surface area contributed by atoms with Crippen LogP contribution in [0.25, 0.3) is 0 Å². The van der Waals surface area contributed by atoms with Crippen LogP contribution >= 0.6 is 0 Å². The molecule has 3 nitrogen and oxygen atoms in total. The normalized spacial score (nSPS) is 24.2. The van der Waals surface area contributed by atoms with E-state index in [1.807, 2.05) is 11.8 Å². The molecular formula is C11H22F2N2O. The summed E-state index contributed by atoms with van der Waals surface area (Å²) in [5, 5.41) is 8.75. The molecule has 0 saturated carbocycles. The number of aliphatic hydroxyl groups is 1. The Morgan fingerprint density at radius 3 is 2.69 bits per heavy atom. The SMILES string of the molecule is CCC1CN(CCCO)CCN1CC(F)F. The number of aliphatic hydroxyl groups excluding tert-OH is 1. The lowest BCUT2D eigenvalue weighted by Gasteiger charge is -2.41. The van der Waals surface area contributed by atoms with Gasteiger partial charge in [-0.25, -0.2) is 8.78 Å². The minimum Gasteiger partial charge on any atom is -0.396 e. The van der Waals surface area contributed by atoms with Crippen molar-refractivity contribution in [3.63, 3.8) is 0 Å². The Morgan fingerprint density at radius 1 is 1.38 bits per heavy atom. The van der Waals surface area contributed by atoms with Gasteiger partial charge >= 0.3 is 0 Å². The predicted molar refractivity (Wildman–Crippen MR) is 59.8 cm³/mol. The molecule has 0 amide bonds. The van der Waals surface area contributed by atoms with E-state index < -0.39 is 6.43 Å². The van der Waals surface area contributed by atoms with E-state index in [2.05, 4.69) is 4.90 Å². The van der Waals surface area contributed by atoms with Crippen LogP contribution < -0.4 is 0 Å². The van der Waals surface area contributed by atoms with Crippen molar-refractivity contribution in [2.45, 2.75) is 32.2 Å². The minimum absolute atomic E-state index is 0.105. The van der Waals surface area contributed by atoms with Gasteiger partial charge in [0.1, 0.15) is 0 Å². The smallest absolute Gasteiger partial charge is 0.251 e. The van der Waals surface area contributed by atoms with E-state index in [0.29, 0.717) is 6.54 Å². The average Bonchev–Trinajstić information content (AvgIpc) is 2.27. The second-order valence-electron chi connectivity index (χ2n) is 4.33. The van der Waals surface area contributed by atoms with Gasteiger partial charge in [-0.3, -0.25) is 4.90 Å². The van der Waals surface area contributed by atoms with E-state index in [4.69, 9.17) is 5.11 Å². The van der Waals surface area contributed by atoms with Gasteiger partial charge in [-0.2, -0.15) is 0 Å². The fourth-order valence-corrected chi connectivity index (χ4v) is 2.26. The molecular weight excluding hydrogens is 214 g/mol. The zero-order chi connectivity index (χ0) is 12.0. The molecule has 1 rings (SSSR count). The molecule has 1 heterocycles. The summed E-state index contributed by atoms with van der Waals surface area (Å²) in [6.07, 6.45) is -0.564. The number of halogens is 2. The van der Waals surface area contributed by atoms with E-state index >= 15 is 0 Å². The summed E-state index contributed by atoms with van der Waals surface area (Å²) in [6, 6.07) is 0.237. The van der Waals surface area contributed by atoms with Gasteiger partial charge in [0.05, 0.1) is 6.54 Å². The number of rotatable bonds is 6. The first-order valence-electron chi connectivity index (χ1n) is 6.02. The third-order valence-corrected chi connectivity index (χ3v) is 3.17. The van der Waals surface area contributed by atoms with Gasteiger partial charge in [0.2, 0.25) is 0 Å². The van der Waals surface area contributed by atoms with E-state index in [0.717, 1.165) is 32.5 Å². The van der Waals surface area contributed by atoms with Crippen molar-refractivity contribution in [3.8, 4) is 0 Å². The molecule has 1 aliphatic rings. The van der Waals surface area contributed by atoms with Crippen molar-refractivity contribution in [2.24, 2.45) is 0 Å². The number of nitrogens with zero attached hydrogens (tertiary/aromatic N) is 2. The summed E-state index contributed by atoms with van der Waals surface area (Å²) in [7, 11) is 0. The van der Waals surface area contributed by atoms with Crippen molar-refractivity contribution in [1.82, 2.24) is 9.80 Å². The molecule has 0 bridgehead atoms. The largest absolute Gasteiger partial charge is 0.396 e. The standard InChI is InChI=1S/C11H22F2N2O/c1-2-10-8-14(4-3-7-16)5-6-15(10)9-11(12)13/h10-11,16H,2-9H2,1H3. The predicted octanol–water partition coefficient (Wildman–Crippen LogP) is 1.03.